The summed E-state index contributed by atoms with van der Waals surface area (Å²) in [5.41, 5.74) is 9.90. The Labute approximate surface area is 178 Å². The van der Waals surface area contributed by atoms with E-state index in [9.17, 15) is 4.79 Å². The molecular weight excluding hydrogens is 372 g/mol. The second-order valence-electron chi connectivity index (χ2n) is 7.94. The Hall–Kier alpha value is -3.34. The maximum Gasteiger partial charge on any atom is 0.271 e. The number of nitrogens with zero attached hydrogens (tertiary/aromatic N) is 3. The van der Waals surface area contributed by atoms with Gasteiger partial charge in [0.25, 0.3) is 5.91 Å². The second-order valence-corrected chi connectivity index (χ2v) is 7.94. The summed E-state index contributed by atoms with van der Waals surface area (Å²) in [6.45, 7) is 8.45. The molecule has 0 saturated carbocycles. The van der Waals surface area contributed by atoms with E-state index < -0.39 is 0 Å². The van der Waals surface area contributed by atoms with E-state index in [2.05, 4.69) is 71.1 Å². The van der Waals surface area contributed by atoms with E-state index in [-0.39, 0.29) is 5.91 Å². The summed E-state index contributed by atoms with van der Waals surface area (Å²) in [7, 11) is 0. The monoisotopic (exact) mass is 400 g/mol. The Kier molecular flexibility index (Phi) is 5.70. The van der Waals surface area contributed by atoms with E-state index in [4.69, 9.17) is 0 Å². The summed E-state index contributed by atoms with van der Waals surface area (Å²) in [4.78, 5) is 15.0. The Morgan fingerprint density at radius 1 is 0.933 bits per heavy atom. The highest BCUT2D eigenvalue weighted by Gasteiger charge is 2.13. The molecule has 1 saturated heterocycles. The van der Waals surface area contributed by atoms with Crippen LogP contribution in [-0.2, 0) is 0 Å². The fraction of sp³-hybridized carbons (Fsp3) is 0.280. The molecule has 3 aromatic rings. The molecule has 1 aromatic heterocycles. The molecule has 5 heteroatoms. The Balaban J connectivity index is 1.45. The fourth-order valence-electron chi connectivity index (χ4n) is 4.06. The van der Waals surface area contributed by atoms with Crippen molar-refractivity contribution in [1.82, 2.24) is 9.99 Å². The van der Waals surface area contributed by atoms with Crippen LogP contribution in [0.15, 0.2) is 59.7 Å². The summed E-state index contributed by atoms with van der Waals surface area (Å²) >= 11 is 0. The first-order valence-corrected chi connectivity index (χ1v) is 10.5. The van der Waals surface area contributed by atoms with E-state index in [0.29, 0.717) is 5.56 Å². The molecule has 154 valence electrons. The SMILES string of the molecule is Cc1cc(N2CCCC2)ccc1/C=N\NC(=O)c1cccc(-n2c(C)ccc2C)c1. The third kappa shape index (κ3) is 4.15. The molecule has 5 nitrogen and oxygen atoms in total. The van der Waals surface area contributed by atoms with E-state index in [1.807, 2.05) is 18.2 Å². The Morgan fingerprint density at radius 3 is 2.37 bits per heavy atom. The minimum absolute atomic E-state index is 0.220. The third-order valence-corrected chi connectivity index (χ3v) is 5.73. The van der Waals surface area contributed by atoms with E-state index in [0.717, 1.165) is 41.3 Å². The predicted octanol–water partition coefficient (Wildman–Crippen LogP) is 4.77. The molecule has 0 unspecified atom stereocenters. The van der Waals surface area contributed by atoms with Crippen molar-refractivity contribution in [2.45, 2.75) is 33.6 Å². The van der Waals surface area contributed by atoms with Gasteiger partial charge >= 0.3 is 0 Å². The maximum atomic E-state index is 12.6. The molecule has 1 amide bonds. The van der Waals surface area contributed by atoms with Crippen molar-refractivity contribution in [3.8, 4) is 5.69 Å². The molecule has 1 aliphatic heterocycles. The van der Waals surface area contributed by atoms with Crippen LogP contribution in [0.1, 0.15) is 45.7 Å². The van der Waals surface area contributed by atoms with Crippen LogP contribution in [0.2, 0.25) is 0 Å². The molecular formula is C25H28N4O. The van der Waals surface area contributed by atoms with Gasteiger partial charge in [-0.15, -0.1) is 0 Å². The van der Waals surface area contributed by atoms with Gasteiger partial charge in [0.05, 0.1) is 6.21 Å². The number of amides is 1. The minimum Gasteiger partial charge on any atom is -0.372 e. The smallest absolute Gasteiger partial charge is 0.271 e. The molecule has 2 aromatic carbocycles. The quantitative estimate of drug-likeness (QED) is 0.496. The highest BCUT2D eigenvalue weighted by atomic mass is 16.2. The molecule has 0 atom stereocenters. The van der Waals surface area contributed by atoms with Gasteiger partial charge in [0.2, 0.25) is 0 Å². The standard InChI is InChI=1S/C25H28N4O/c1-18-15-23(28-13-4-5-14-28)12-11-22(18)17-26-27-25(30)21-7-6-8-24(16-21)29-19(2)9-10-20(29)3/h6-12,15-17H,4-5,13-14H2,1-3H3,(H,27,30)/b26-17-. The zero-order valence-corrected chi connectivity index (χ0v) is 17.9. The lowest BCUT2D eigenvalue weighted by Crippen LogP contribution is -2.18. The average molecular weight is 401 g/mol. The van der Waals surface area contributed by atoms with Crippen molar-refractivity contribution < 1.29 is 4.79 Å². The Bertz CT molecular complexity index is 1070. The summed E-state index contributed by atoms with van der Waals surface area (Å²) in [6.07, 6.45) is 4.24. The number of nitrogens with one attached hydrogen (secondary N) is 1. The lowest BCUT2D eigenvalue weighted by molar-refractivity contribution is 0.0955. The fourth-order valence-corrected chi connectivity index (χ4v) is 4.06. The lowest BCUT2D eigenvalue weighted by Gasteiger charge is -2.18. The predicted molar refractivity (Wildman–Crippen MR) is 123 cm³/mol. The van der Waals surface area contributed by atoms with Crippen LogP contribution in [0.4, 0.5) is 5.69 Å². The van der Waals surface area contributed by atoms with Crippen LogP contribution in [-0.4, -0.2) is 29.8 Å². The second kappa shape index (κ2) is 8.57. The van der Waals surface area contributed by atoms with E-state index in [1.165, 1.54) is 18.5 Å². The number of aromatic nitrogens is 1. The van der Waals surface area contributed by atoms with Crippen LogP contribution >= 0.6 is 0 Å². The van der Waals surface area contributed by atoms with Gasteiger partial charge in [0.15, 0.2) is 0 Å². The summed E-state index contributed by atoms with van der Waals surface area (Å²) in [5.74, 6) is -0.220. The summed E-state index contributed by atoms with van der Waals surface area (Å²) in [6, 6.07) is 18.1. The molecule has 30 heavy (non-hydrogen) atoms. The normalized spacial score (nSPS) is 13.9. The number of hydrogen-bond donors (Lipinski definition) is 1. The van der Waals surface area contributed by atoms with Crippen molar-refractivity contribution >= 4 is 17.8 Å². The third-order valence-electron chi connectivity index (χ3n) is 5.73. The van der Waals surface area contributed by atoms with Crippen LogP contribution in [0.5, 0.6) is 0 Å². The van der Waals surface area contributed by atoms with Crippen LogP contribution in [0.25, 0.3) is 5.69 Å². The zero-order chi connectivity index (χ0) is 21.1. The zero-order valence-electron chi connectivity index (χ0n) is 17.9. The van der Waals surface area contributed by atoms with Crippen molar-refractivity contribution in [2.24, 2.45) is 5.10 Å². The number of anilines is 1. The average Bonchev–Trinajstić information content (AvgIpc) is 3.39. The molecule has 4 rings (SSSR count). The number of rotatable bonds is 5. The van der Waals surface area contributed by atoms with Crippen LogP contribution < -0.4 is 10.3 Å². The molecule has 1 N–H and O–H groups in total. The molecule has 1 fully saturated rings. The molecule has 0 radical (unpaired) electrons. The topological polar surface area (TPSA) is 49.6 Å². The van der Waals surface area contributed by atoms with Crippen molar-refractivity contribution in [1.29, 1.82) is 0 Å². The molecule has 0 spiro atoms. The maximum absolute atomic E-state index is 12.6. The number of aryl methyl sites for hydroxylation is 3. The highest BCUT2D eigenvalue weighted by Crippen LogP contribution is 2.22. The van der Waals surface area contributed by atoms with Gasteiger partial charge in [-0.25, -0.2) is 5.43 Å². The molecule has 0 aliphatic carbocycles. The van der Waals surface area contributed by atoms with Gasteiger partial charge in [-0.3, -0.25) is 4.79 Å². The largest absolute Gasteiger partial charge is 0.372 e. The van der Waals surface area contributed by atoms with Gasteiger partial charge in [-0.2, -0.15) is 5.10 Å². The summed E-state index contributed by atoms with van der Waals surface area (Å²) in [5, 5.41) is 4.19. The van der Waals surface area contributed by atoms with Crippen molar-refractivity contribution in [3.05, 3.63) is 82.7 Å². The molecule has 1 aliphatic rings. The van der Waals surface area contributed by atoms with Gasteiger partial charge < -0.3 is 9.47 Å². The summed E-state index contributed by atoms with van der Waals surface area (Å²) < 4.78 is 2.13. The van der Waals surface area contributed by atoms with Gasteiger partial charge in [-0.05, 0) is 87.2 Å². The van der Waals surface area contributed by atoms with Gasteiger partial charge in [0.1, 0.15) is 0 Å². The van der Waals surface area contributed by atoms with E-state index >= 15 is 0 Å². The Morgan fingerprint density at radius 2 is 1.67 bits per heavy atom. The van der Waals surface area contributed by atoms with Crippen molar-refractivity contribution in [2.75, 3.05) is 18.0 Å². The van der Waals surface area contributed by atoms with Crippen LogP contribution in [0, 0.1) is 20.8 Å². The first-order valence-electron chi connectivity index (χ1n) is 10.5. The van der Waals surface area contributed by atoms with Gasteiger partial charge in [-0.1, -0.05) is 12.1 Å². The number of hydrazone groups is 1. The van der Waals surface area contributed by atoms with Crippen molar-refractivity contribution in [3.63, 3.8) is 0 Å². The number of hydrogen-bond acceptors (Lipinski definition) is 3. The van der Waals surface area contributed by atoms with Gasteiger partial charge in [0, 0.05) is 41.4 Å². The minimum atomic E-state index is -0.220. The highest BCUT2D eigenvalue weighted by molar-refractivity contribution is 5.95. The first-order chi connectivity index (χ1) is 14.5. The number of benzene rings is 2. The van der Waals surface area contributed by atoms with E-state index in [1.54, 1.807) is 12.3 Å². The first kappa shape index (κ1) is 20.0. The van der Waals surface area contributed by atoms with Crippen LogP contribution in [0.3, 0.4) is 0 Å². The molecule has 0 bridgehead atoms. The lowest BCUT2D eigenvalue weighted by atomic mass is 10.1. The number of carbonyl (C=O) groups is 1. The molecule has 2 heterocycles. The number of carbonyl (C=O) groups excluding carboxylic acids is 1.